The molecule has 1 saturated heterocycles. The number of rotatable bonds is 3. The average Bonchev–Trinajstić information content (AvgIpc) is 2.81. The van der Waals surface area contributed by atoms with Gasteiger partial charge in [-0.2, -0.15) is 0 Å². The molecule has 10 heteroatoms. The van der Waals surface area contributed by atoms with Crippen LogP contribution in [-0.4, -0.2) is 43.7 Å². The third-order valence-corrected chi connectivity index (χ3v) is 6.87. The summed E-state index contributed by atoms with van der Waals surface area (Å²) < 4.78 is 36.1. The van der Waals surface area contributed by atoms with Gasteiger partial charge in [-0.3, -0.25) is 4.79 Å². The number of likely N-dealkylation sites (tertiary alicyclic amines) is 1. The second-order valence-corrected chi connectivity index (χ2v) is 8.07. The van der Waals surface area contributed by atoms with Crippen LogP contribution in [0.4, 0.5) is 4.39 Å². The van der Waals surface area contributed by atoms with Gasteiger partial charge >= 0.3 is 0 Å². The molecule has 0 atom stereocenters. The predicted octanol–water partition coefficient (Wildman–Crippen LogP) is 1.75. The smallest absolute Gasteiger partial charge is 0.272 e. The standard InChI is InChI=1S/C10H12BrFN2O4S2/c11-7-5-8(19-10(7)20(17,18)13-16)9(15)14-3-1-6(12)2-4-14/h5-6,13,16H,1-4H2. The summed E-state index contributed by atoms with van der Waals surface area (Å²) in [6.07, 6.45) is -0.299. The van der Waals surface area contributed by atoms with E-state index >= 15 is 0 Å². The Kier molecular flexibility index (Phi) is 4.80. The highest BCUT2D eigenvalue weighted by atomic mass is 79.9. The summed E-state index contributed by atoms with van der Waals surface area (Å²) in [6, 6.07) is 1.39. The fraction of sp³-hybridized carbons (Fsp3) is 0.500. The molecule has 0 radical (unpaired) electrons. The largest absolute Gasteiger partial charge is 0.338 e. The van der Waals surface area contributed by atoms with E-state index in [1.165, 1.54) is 15.9 Å². The molecule has 20 heavy (non-hydrogen) atoms. The topological polar surface area (TPSA) is 86.7 Å². The number of carbonyl (C=O) groups is 1. The van der Waals surface area contributed by atoms with Crippen LogP contribution in [0.3, 0.4) is 0 Å². The quantitative estimate of drug-likeness (QED) is 0.774. The van der Waals surface area contributed by atoms with Gasteiger partial charge in [0.2, 0.25) is 0 Å². The van der Waals surface area contributed by atoms with Crippen LogP contribution < -0.4 is 4.89 Å². The lowest BCUT2D eigenvalue weighted by molar-refractivity contribution is 0.0672. The van der Waals surface area contributed by atoms with E-state index in [0.29, 0.717) is 25.9 Å². The first-order chi connectivity index (χ1) is 9.35. The molecule has 1 fully saturated rings. The van der Waals surface area contributed by atoms with Gasteiger partial charge in [-0.1, -0.05) is 4.89 Å². The Bertz CT molecular complexity index is 611. The summed E-state index contributed by atoms with van der Waals surface area (Å²) in [5.41, 5.74) is 0. The van der Waals surface area contributed by atoms with Gasteiger partial charge in [0.25, 0.3) is 15.9 Å². The number of alkyl halides is 1. The lowest BCUT2D eigenvalue weighted by Crippen LogP contribution is -2.38. The zero-order valence-corrected chi connectivity index (χ0v) is 13.4. The van der Waals surface area contributed by atoms with E-state index in [1.807, 2.05) is 0 Å². The fourth-order valence-corrected chi connectivity index (χ4v) is 5.12. The summed E-state index contributed by atoms with van der Waals surface area (Å²) in [7, 11) is -4.03. The number of nitrogens with zero attached hydrogens (tertiary/aromatic N) is 1. The van der Waals surface area contributed by atoms with Gasteiger partial charge in [0, 0.05) is 17.6 Å². The van der Waals surface area contributed by atoms with Gasteiger partial charge in [-0.25, -0.2) is 12.8 Å². The van der Waals surface area contributed by atoms with Gasteiger partial charge in [0.15, 0.2) is 4.21 Å². The monoisotopic (exact) mass is 386 g/mol. The van der Waals surface area contributed by atoms with Crippen molar-refractivity contribution in [1.29, 1.82) is 0 Å². The van der Waals surface area contributed by atoms with E-state index in [2.05, 4.69) is 15.9 Å². The highest BCUT2D eigenvalue weighted by molar-refractivity contribution is 9.10. The van der Waals surface area contributed by atoms with Gasteiger partial charge < -0.3 is 10.1 Å². The Morgan fingerprint density at radius 3 is 2.65 bits per heavy atom. The van der Waals surface area contributed by atoms with Crippen molar-refractivity contribution in [3.63, 3.8) is 0 Å². The minimum absolute atomic E-state index is 0.177. The van der Waals surface area contributed by atoms with Crippen LogP contribution in [0, 0.1) is 0 Å². The molecule has 2 rings (SSSR count). The van der Waals surface area contributed by atoms with Crippen molar-refractivity contribution >= 4 is 43.2 Å². The van der Waals surface area contributed by atoms with Gasteiger partial charge in [0.1, 0.15) is 6.17 Å². The Morgan fingerprint density at radius 1 is 1.50 bits per heavy atom. The van der Waals surface area contributed by atoms with Gasteiger partial charge in [-0.15, -0.1) is 11.3 Å². The number of thiophene rings is 1. The molecule has 0 unspecified atom stereocenters. The number of nitrogens with one attached hydrogen (secondary N) is 1. The van der Waals surface area contributed by atoms with E-state index in [1.54, 1.807) is 0 Å². The van der Waals surface area contributed by atoms with Crippen molar-refractivity contribution in [3.8, 4) is 0 Å². The second kappa shape index (κ2) is 6.06. The maximum Gasteiger partial charge on any atom is 0.272 e. The fourth-order valence-electron chi connectivity index (χ4n) is 1.89. The molecule has 2 heterocycles. The molecule has 112 valence electrons. The van der Waals surface area contributed by atoms with E-state index in [-0.39, 0.29) is 19.5 Å². The Hall–Kier alpha value is -0.550. The number of halogens is 2. The summed E-state index contributed by atoms with van der Waals surface area (Å²) in [4.78, 5) is 15.1. The van der Waals surface area contributed by atoms with Crippen LogP contribution in [0.25, 0.3) is 0 Å². The number of hydrogen-bond donors (Lipinski definition) is 2. The van der Waals surface area contributed by atoms with Crippen LogP contribution in [0.5, 0.6) is 0 Å². The summed E-state index contributed by atoms with van der Waals surface area (Å²) in [5, 5.41) is 8.61. The SMILES string of the molecule is O=C(c1cc(Br)c(S(=O)(=O)NO)s1)N1CCC(F)CC1. The third-order valence-electron chi connectivity index (χ3n) is 2.94. The number of amides is 1. The Balaban J connectivity index is 2.22. The molecule has 1 aliphatic heterocycles. The first kappa shape index (κ1) is 15.8. The second-order valence-electron chi connectivity index (χ2n) is 4.31. The summed E-state index contributed by atoms with van der Waals surface area (Å²) in [5.74, 6) is -0.331. The van der Waals surface area contributed by atoms with Crippen LogP contribution >= 0.6 is 27.3 Å². The van der Waals surface area contributed by atoms with Crippen molar-refractivity contribution in [2.24, 2.45) is 0 Å². The molecular weight excluding hydrogens is 375 g/mol. The highest BCUT2D eigenvalue weighted by Crippen LogP contribution is 2.32. The summed E-state index contributed by atoms with van der Waals surface area (Å²) >= 11 is 3.80. The number of hydrogen-bond acceptors (Lipinski definition) is 5. The molecule has 1 aliphatic rings. The van der Waals surface area contributed by atoms with Crippen LogP contribution in [-0.2, 0) is 10.0 Å². The Morgan fingerprint density at radius 2 is 2.10 bits per heavy atom. The minimum Gasteiger partial charge on any atom is -0.338 e. The van der Waals surface area contributed by atoms with E-state index in [9.17, 15) is 17.6 Å². The van der Waals surface area contributed by atoms with Crippen LogP contribution in [0.2, 0.25) is 0 Å². The zero-order chi connectivity index (χ0) is 14.9. The Labute approximate surface area is 127 Å². The number of carbonyl (C=O) groups excluding carboxylic acids is 1. The zero-order valence-electron chi connectivity index (χ0n) is 10.2. The summed E-state index contributed by atoms with van der Waals surface area (Å²) in [6.45, 7) is 0.631. The number of piperidine rings is 1. The first-order valence-corrected chi connectivity index (χ1v) is 8.83. The van der Waals surface area contributed by atoms with Crippen molar-refractivity contribution < 1.29 is 22.8 Å². The van der Waals surface area contributed by atoms with Crippen molar-refractivity contribution in [2.45, 2.75) is 23.2 Å². The normalized spacial score (nSPS) is 17.4. The third kappa shape index (κ3) is 3.19. The van der Waals surface area contributed by atoms with Crippen LogP contribution in [0.1, 0.15) is 22.5 Å². The first-order valence-electron chi connectivity index (χ1n) is 5.73. The molecule has 1 aromatic heterocycles. The molecule has 0 bridgehead atoms. The predicted molar refractivity (Wildman–Crippen MR) is 74.2 cm³/mol. The highest BCUT2D eigenvalue weighted by Gasteiger charge is 2.27. The van der Waals surface area contributed by atoms with E-state index in [4.69, 9.17) is 5.21 Å². The van der Waals surface area contributed by atoms with Gasteiger partial charge in [0.05, 0.1) is 4.88 Å². The molecule has 0 spiro atoms. The molecule has 2 N–H and O–H groups in total. The maximum atomic E-state index is 13.0. The molecule has 1 aromatic rings. The van der Waals surface area contributed by atoms with Crippen molar-refractivity contribution in [1.82, 2.24) is 9.79 Å². The van der Waals surface area contributed by atoms with Crippen LogP contribution in [0.15, 0.2) is 14.7 Å². The molecule has 0 aliphatic carbocycles. The molecule has 1 amide bonds. The number of sulfonamides is 1. The van der Waals surface area contributed by atoms with Gasteiger partial charge in [-0.05, 0) is 34.8 Å². The van der Waals surface area contributed by atoms with E-state index < -0.39 is 16.2 Å². The molecule has 0 saturated carbocycles. The van der Waals surface area contributed by atoms with Crippen molar-refractivity contribution in [3.05, 3.63) is 15.4 Å². The molecule has 0 aromatic carbocycles. The lowest BCUT2D eigenvalue weighted by Gasteiger charge is -2.28. The molecular formula is C10H12BrFN2O4S2. The lowest BCUT2D eigenvalue weighted by atomic mass is 10.1. The van der Waals surface area contributed by atoms with Crippen molar-refractivity contribution in [2.75, 3.05) is 13.1 Å². The minimum atomic E-state index is -4.03. The average molecular weight is 387 g/mol. The molecule has 6 nitrogen and oxygen atoms in total. The maximum absolute atomic E-state index is 13.0. The van der Waals surface area contributed by atoms with E-state index in [0.717, 1.165) is 11.3 Å².